The van der Waals surface area contributed by atoms with E-state index in [-0.39, 0.29) is 11.6 Å². The number of ether oxygens (including phenoxy) is 1. The van der Waals surface area contributed by atoms with Crippen molar-refractivity contribution < 1.29 is 9.53 Å². The third-order valence-electron chi connectivity index (χ3n) is 5.52. The Morgan fingerprint density at radius 1 is 1.17 bits per heavy atom. The van der Waals surface area contributed by atoms with Crippen molar-refractivity contribution in [2.45, 2.75) is 56.7 Å². The molecular formula is C19H27N3O2. The molecule has 1 unspecified atom stereocenters. The summed E-state index contributed by atoms with van der Waals surface area (Å²) in [6, 6.07) is 9.17. The zero-order valence-electron chi connectivity index (χ0n) is 14.4. The van der Waals surface area contributed by atoms with Gasteiger partial charge in [-0.15, -0.1) is 0 Å². The monoisotopic (exact) mass is 329 g/mol. The van der Waals surface area contributed by atoms with Crippen molar-refractivity contribution in [3.63, 3.8) is 0 Å². The first-order chi connectivity index (χ1) is 11.6. The quantitative estimate of drug-likeness (QED) is 0.896. The number of likely N-dealkylation sites (tertiary alicyclic amines) is 1. The molecule has 0 aromatic heterocycles. The van der Waals surface area contributed by atoms with Crippen molar-refractivity contribution in [1.82, 2.24) is 10.2 Å². The predicted molar refractivity (Wildman–Crippen MR) is 94.3 cm³/mol. The van der Waals surface area contributed by atoms with Crippen LogP contribution in [0.1, 0.15) is 37.7 Å². The molecule has 1 spiro atoms. The highest BCUT2D eigenvalue weighted by Crippen LogP contribution is 2.37. The van der Waals surface area contributed by atoms with Crippen molar-refractivity contribution in [3.05, 3.63) is 29.8 Å². The Bertz CT molecular complexity index is 589. The SMILES string of the molecule is Cc1ccc(NC(=O)N2CCC3(CC2)CC(NC2CC2)CO3)cc1. The fourth-order valence-corrected chi connectivity index (χ4v) is 3.84. The first-order valence-corrected chi connectivity index (χ1v) is 9.15. The normalized spacial score (nSPS) is 25.9. The lowest BCUT2D eigenvalue weighted by Gasteiger charge is -2.38. The van der Waals surface area contributed by atoms with Crippen molar-refractivity contribution in [1.29, 1.82) is 0 Å². The average molecular weight is 329 g/mol. The first kappa shape index (κ1) is 15.9. The van der Waals surface area contributed by atoms with Crippen LogP contribution >= 0.6 is 0 Å². The number of rotatable bonds is 3. The van der Waals surface area contributed by atoms with Crippen LogP contribution in [0.15, 0.2) is 24.3 Å². The minimum Gasteiger partial charge on any atom is -0.373 e. The number of hydrogen-bond acceptors (Lipinski definition) is 3. The van der Waals surface area contributed by atoms with E-state index in [0.29, 0.717) is 6.04 Å². The topological polar surface area (TPSA) is 53.6 Å². The molecule has 1 atom stereocenters. The molecule has 0 bridgehead atoms. The molecule has 130 valence electrons. The zero-order valence-corrected chi connectivity index (χ0v) is 14.4. The van der Waals surface area contributed by atoms with Crippen LogP contribution < -0.4 is 10.6 Å². The molecule has 2 N–H and O–H groups in total. The van der Waals surface area contributed by atoms with Gasteiger partial charge >= 0.3 is 6.03 Å². The molecule has 1 aromatic carbocycles. The van der Waals surface area contributed by atoms with Gasteiger partial charge in [0.1, 0.15) is 0 Å². The maximum absolute atomic E-state index is 12.4. The third-order valence-corrected chi connectivity index (χ3v) is 5.52. The second-order valence-corrected chi connectivity index (χ2v) is 7.62. The van der Waals surface area contributed by atoms with Gasteiger partial charge in [0.2, 0.25) is 0 Å². The Kier molecular flexibility index (Phi) is 4.22. The Hall–Kier alpha value is -1.59. The van der Waals surface area contributed by atoms with Crippen LogP contribution in [0.2, 0.25) is 0 Å². The fraction of sp³-hybridized carbons (Fsp3) is 0.632. The van der Waals surface area contributed by atoms with Gasteiger partial charge in [0.05, 0.1) is 12.2 Å². The van der Waals surface area contributed by atoms with Crippen molar-refractivity contribution in [2.24, 2.45) is 0 Å². The predicted octanol–water partition coefficient (Wildman–Crippen LogP) is 2.90. The number of aryl methyl sites for hydroxylation is 1. The highest BCUT2D eigenvalue weighted by molar-refractivity contribution is 5.89. The van der Waals surface area contributed by atoms with Gasteiger partial charge in [0.25, 0.3) is 0 Å². The molecule has 2 saturated heterocycles. The van der Waals surface area contributed by atoms with E-state index in [9.17, 15) is 4.79 Å². The van der Waals surface area contributed by atoms with Crippen LogP contribution in [0.3, 0.4) is 0 Å². The highest BCUT2D eigenvalue weighted by Gasteiger charge is 2.44. The molecule has 0 radical (unpaired) electrons. The second-order valence-electron chi connectivity index (χ2n) is 7.62. The lowest BCUT2D eigenvalue weighted by molar-refractivity contribution is -0.0355. The molecule has 2 aliphatic heterocycles. The number of piperidine rings is 1. The van der Waals surface area contributed by atoms with E-state index in [4.69, 9.17) is 4.74 Å². The van der Waals surface area contributed by atoms with Crippen LogP contribution in [0, 0.1) is 6.92 Å². The Labute approximate surface area is 143 Å². The number of carbonyl (C=O) groups is 1. The van der Waals surface area contributed by atoms with E-state index in [1.807, 2.05) is 36.1 Å². The maximum atomic E-state index is 12.4. The minimum atomic E-state index is -0.00675. The number of nitrogens with one attached hydrogen (secondary N) is 2. The number of nitrogens with zero attached hydrogens (tertiary/aromatic N) is 1. The summed E-state index contributed by atoms with van der Waals surface area (Å²) in [5, 5.41) is 6.67. The average Bonchev–Trinajstić information content (AvgIpc) is 3.31. The van der Waals surface area contributed by atoms with E-state index in [2.05, 4.69) is 10.6 Å². The van der Waals surface area contributed by atoms with Gasteiger partial charge in [0, 0.05) is 30.9 Å². The third kappa shape index (κ3) is 3.57. The molecule has 5 heteroatoms. The smallest absolute Gasteiger partial charge is 0.321 e. The summed E-state index contributed by atoms with van der Waals surface area (Å²) >= 11 is 0. The molecule has 2 heterocycles. The summed E-state index contributed by atoms with van der Waals surface area (Å²) < 4.78 is 6.16. The van der Waals surface area contributed by atoms with Gasteiger partial charge in [-0.2, -0.15) is 0 Å². The molecule has 2 amide bonds. The van der Waals surface area contributed by atoms with Gasteiger partial charge in [0.15, 0.2) is 0 Å². The lowest BCUT2D eigenvalue weighted by Crippen LogP contribution is -2.48. The number of benzene rings is 1. The van der Waals surface area contributed by atoms with E-state index >= 15 is 0 Å². The summed E-state index contributed by atoms with van der Waals surface area (Å²) in [5.74, 6) is 0. The van der Waals surface area contributed by atoms with Crippen LogP contribution in [-0.4, -0.2) is 48.3 Å². The number of carbonyl (C=O) groups excluding carboxylic acids is 1. The molecule has 3 aliphatic rings. The molecule has 24 heavy (non-hydrogen) atoms. The van der Waals surface area contributed by atoms with E-state index < -0.39 is 0 Å². The standard InChI is InChI=1S/C19H27N3O2/c1-14-2-4-16(5-3-14)21-18(23)22-10-8-19(9-11-22)12-17(13-24-19)20-15-6-7-15/h2-5,15,17,20H,6-13H2,1H3,(H,21,23). The second kappa shape index (κ2) is 6.37. The Morgan fingerprint density at radius 3 is 2.54 bits per heavy atom. The largest absolute Gasteiger partial charge is 0.373 e. The zero-order chi connectivity index (χ0) is 16.6. The van der Waals surface area contributed by atoms with Crippen molar-refractivity contribution in [2.75, 3.05) is 25.0 Å². The summed E-state index contributed by atoms with van der Waals surface area (Å²) in [5.41, 5.74) is 2.05. The van der Waals surface area contributed by atoms with E-state index in [1.54, 1.807) is 0 Å². The van der Waals surface area contributed by atoms with Crippen LogP contribution in [0.5, 0.6) is 0 Å². The Balaban J connectivity index is 1.27. The lowest BCUT2D eigenvalue weighted by atomic mass is 9.87. The molecule has 3 fully saturated rings. The molecule has 5 nitrogen and oxygen atoms in total. The Morgan fingerprint density at radius 2 is 1.88 bits per heavy atom. The molecule has 1 saturated carbocycles. The molecular weight excluding hydrogens is 302 g/mol. The summed E-state index contributed by atoms with van der Waals surface area (Å²) in [6.07, 6.45) is 5.61. The number of amides is 2. The number of hydrogen-bond donors (Lipinski definition) is 2. The molecule has 1 aliphatic carbocycles. The van der Waals surface area contributed by atoms with Crippen LogP contribution in [0.4, 0.5) is 10.5 Å². The number of urea groups is 1. The van der Waals surface area contributed by atoms with Gasteiger partial charge in [-0.1, -0.05) is 17.7 Å². The molecule has 1 aromatic rings. The summed E-state index contributed by atoms with van der Waals surface area (Å²) in [6.45, 7) is 4.41. The van der Waals surface area contributed by atoms with E-state index in [0.717, 1.165) is 50.7 Å². The highest BCUT2D eigenvalue weighted by atomic mass is 16.5. The number of anilines is 1. The van der Waals surface area contributed by atoms with Crippen molar-refractivity contribution in [3.8, 4) is 0 Å². The maximum Gasteiger partial charge on any atom is 0.321 e. The van der Waals surface area contributed by atoms with Gasteiger partial charge in [-0.25, -0.2) is 4.79 Å². The van der Waals surface area contributed by atoms with Crippen LogP contribution in [0.25, 0.3) is 0 Å². The van der Waals surface area contributed by atoms with Crippen LogP contribution in [-0.2, 0) is 4.74 Å². The minimum absolute atomic E-state index is 0.000597. The van der Waals surface area contributed by atoms with Gasteiger partial charge in [-0.3, -0.25) is 0 Å². The summed E-state index contributed by atoms with van der Waals surface area (Å²) in [7, 11) is 0. The van der Waals surface area contributed by atoms with Crippen molar-refractivity contribution >= 4 is 11.7 Å². The van der Waals surface area contributed by atoms with Gasteiger partial charge < -0.3 is 20.3 Å². The van der Waals surface area contributed by atoms with E-state index in [1.165, 1.54) is 18.4 Å². The molecule has 4 rings (SSSR count). The fourth-order valence-electron chi connectivity index (χ4n) is 3.84. The first-order valence-electron chi connectivity index (χ1n) is 9.15. The summed E-state index contributed by atoms with van der Waals surface area (Å²) in [4.78, 5) is 14.3. The van der Waals surface area contributed by atoms with Gasteiger partial charge in [-0.05, 0) is 51.2 Å².